The number of nitrogens with zero attached hydrogens (tertiary/aromatic N) is 2. The molecule has 0 heterocycles. The molecule has 0 radical (unpaired) electrons. The van der Waals surface area contributed by atoms with Crippen molar-refractivity contribution in [3.8, 4) is 6.07 Å². The third kappa shape index (κ3) is 5.47. The van der Waals surface area contributed by atoms with Crippen molar-refractivity contribution in [2.75, 3.05) is 19.7 Å². The second kappa shape index (κ2) is 8.51. The van der Waals surface area contributed by atoms with E-state index in [1.54, 1.807) is 25.1 Å². The van der Waals surface area contributed by atoms with Crippen molar-refractivity contribution in [1.82, 2.24) is 4.31 Å². The van der Waals surface area contributed by atoms with Crippen molar-refractivity contribution >= 4 is 16.0 Å². The molecule has 0 saturated heterocycles. The van der Waals surface area contributed by atoms with E-state index in [0.29, 0.717) is 17.5 Å². The summed E-state index contributed by atoms with van der Waals surface area (Å²) in [6, 6.07) is 8.40. The lowest BCUT2D eigenvalue weighted by atomic mass is 10.2. The van der Waals surface area contributed by atoms with Gasteiger partial charge in [0.05, 0.1) is 24.0 Å². The lowest BCUT2D eigenvalue weighted by Crippen LogP contribution is -2.37. The SMILES string of the molecule is CCCN(CC(=O)OCC)S(=O)(=O)Cc1cccc(C#N)c1. The van der Waals surface area contributed by atoms with Gasteiger partial charge in [0.1, 0.15) is 6.54 Å². The number of nitriles is 1. The molecule has 1 rings (SSSR count). The Kier molecular flexibility index (Phi) is 7.02. The summed E-state index contributed by atoms with van der Waals surface area (Å²) >= 11 is 0. The summed E-state index contributed by atoms with van der Waals surface area (Å²) in [5, 5.41) is 8.86. The lowest BCUT2D eigenvalue weighted by molar-refractivity contribution is -0.143. The molecular weight excluding hydrogens is 304 g/mol. The van der Waals surface area contributed by atoms with Crippen LogP contribution in [0.25, 0.3) is 0 Å². The highest BCUT2D eigenvalue weighted by molar-refractivity contribution is 7.88. The van der Waals surface area contributed by atoms with Gasteiger partial charge < -0.3 is 4.74 Å². The van der Waals surface area contributed by atoms with Crippen LogP contribution in [-0.2, 0) is 25.3 Å². The minimum absolute atomic E-state index is 0.211. The number of hydrogen-bond donors (Lipinski definition) is 0. The smallest absolute Gasteiger partial charge is 0.321 e. The summed E-state index contributed by atoms with van der Waals surface area (Å²) in [5.74, 6) is -0.813. The zero-order valence-electron chi connectivity index (χ0n) is 12.8. The number of carbonyl (C=O) groups excluding carboxylic acids is 1. The van der Waals surface area contributed by atoms with Crippen LogP contribution in [0.1, 0.15) is 31.4 Å². The van der Waals surface area contributed by atoms with Crippen LogP contribution in [0.5, 0.6) is 0 Å². The number of sulfonamides is 1. The molecule has 0 saturated carbocycles. The van der Waals surface area contributed by atoms with E-state index < -0.39 is 16.0 Å². The summed E-state index contributed by atoms with van der Waals surface area (Å²) in [6.07, 6.45) is 0.594. The molecule has 1 aromatic rings. The number of rotatable bonds is 8. The van der Waals surface area contributed by atoms with Gasteiger partial charge in [0.15, 0.2) is 0 Å². The van der Waals surface area contributed by atoms with E-state index >= 15 is 0 Å². The number of benzene rings is 1. The maximum absolute atomic E-state index is 12.5. The second-order valence-electron chi connectivity index (χ2n) is 4.71. The Morgan fingerprint density at radius 1 is 1.36 bits per heavy atom. The zero-order valence-corrected chi connectivity index (χ0v) is 13.6. The number of esters is 1. The highest BCUT2D eigenvalue weighted by atomic mass is 32.2. The molecule has 0 bridgehead atoms. The fourth-order valence-corrected chi connectivity index (χ4v) is 3.50. The Labute approximate surface area is 131 Å². The van der Waals surface area contributed by atoms with Gasteiger partial charge in [-0.15, -0.1) is 0 Å². The van der Waals surface area contributed by atoms with Crippen LogP contribution < -0.4 is 0 Å². The van der Waals surface area contributed by atoms with E-state index in [-0.39, 0.29) is 25.4 Å². The van der Waals surface area contributed by atoms with E-state index in [0.717, 1.165) is 4.31 Å². The Morgan fingerprint density at radius 2 is 2.09 bits per heavy atom. The average Bonchev–Trinajstić information content (AvgIpc) is 2.47. The Balaban J connectivity index is 2.91. The standard InChI is InChI=1S/C15H20N2O4S/c1-3-8-17(11-15(18)21-4-2)22(19,20)12-14-7-5-6-13(9-14)10-16/h5-7,9H,3-4,8,11-12H2,1-2H3. The first-order valence-electron chi connectivity index (χ1n) is 7.05. The first-order chi connectivity index (χ1) is 10.4. The van der Waals surface area contributed by atoms with Gasteiger partial charge in [0.2, 0.25) is 10.0 Å². The van der Waals surface area contributed by atoms with E-state index in [2.05, 4.69) is 0 Å². The maximum Gasteiger partial charge on any atom is 0.321 e. The van der Waals surface area contributed by atoms with E-state index in [1.807, 2.05) is 13.0 Å². The second-order valence-corrected chi connectivity index (χ2v) is 6.68. The van der Waals surface area contributed by atoms with Gasteiger partial charge in [-0.25, -0.2) is 8.42 Å². The quantitative estimate of drug-likeness (QED) is 0.679. The molecule has 1 aromatic carbocycles. The molecule has 6 nitrogen and oxygen atoms in total. The molecule has 0 N–H and O–H groups in total. The molecule has 0 amide bonds. The average molecular weight is 324 g/mol. The summed E-state index contributed by atoms with van der Waals surface area (Å²) in [7, 11) is -3.65. The predicted octanol–water partition coefficient (Wildman–Crippen LogP) is 1.66. The molecule has 0 atom stereocenters. The van der Waals surface area contributed by atoms with Crippen LogP contribution in [0.15, 0.2) is 24.3 Å². The van der Waals surface area contributed by atoms with Crippen LogP contribution >= 0.6 is 0 Å². The van der Waals surface area contributed by atoms with Crippen molar-refractivity contribution in [3.63, 3.8) is 0 Å². The first-order valence-corrected chi connectivity index (χ1v) is 8.66. The van der Waals surface area contributed by atoms with Crippen LogP contribution in [0.4, 0.5) is 0 Å². The highest BCUT2D eigenvalue weighted by Gasteiger charge is 2.24. The fraction of sp³-hybridized carbons (Fsp3) is 0.467. The Bertz CT molecular complexity index is 650. The molecule has 0 aliphatic heterocycles. The maximum atomic E-state index is 12.5. The van der Waals surface area contributed by atoms with Gasteiger partial charge in [-0.2, -0.15) is 9.57 Å². The fourth-order valence-electron chi connectivity index (χ4n) is 1.95. The number of carbonyl (C=O) groups is 1. The van der Waals surface area contributed by atoms with Crippen molar-refractivity contribution in [3.05, 3.63) is 35.4 Å². The van der Waals surface area contributed by atoms with Gasteiger partial charge in [0.25, 0.3) is 0 Å². The zero-order chi connectivity index (χ0) is 16.6. The molecule has 0 fully saturated rings. The van der Waals surface area contributed by atoms with Crippen molar-refractivity contribution in [1.29, 1.82) is 5.26 Å². The lowest BCUT2D eigenvalue weighted by Gasteiger charge is -2.20. The highest BCUT2D eigenvalue weighted by Crippen LogP contribution is 2.13. The third-order valence-corrected chi connectivity index (χ3v) is 4.68. The topological polar surface area (TPSA) is 87.5 Å². The predicted molar refractivity (Wildman–Crippen MR) is 82.3 cm³/mol. The largest absolute Gasteiger partial charge is 0.465 e. The van der Waals surface area contributed by atoms with E-state index in [9.17, 15) is 13.2 Å². The van der Waals surface area contributed by atoms with Crippen LogP contribution in [0.2, 0.25) is 0 Å². The van der Waals surface area contributed by atoms with Crippen LogP contribution in [0, 0.1) is 11.3 Å². The number of ether oxygens (including phenoxy) is 1. The molecule has 0 aliphatic rings. The monoisotopic (exact) mass is 324 g/mol. The van der Waals surface area contributed by atoms with E-state index in [1.165, 1.54) is 6.07 Å². The van der Waals surface area contributed by atoms with Gasteiger partial charge >= 0.3 is 5.97 Å². The van der Waals surface area contributed by atoms with Crippen molar-refractivity contribution < 1.29 is 17.9 Å². The molecule has 0 aliphatic carbocycles. The molecular formula is C15H20N2O4S. The molecule has 7 heteroatoms. The van der Waals surface area contributed by atoms with Crippen molar-refractivity contribution in [2.45, 2.75) is 26.0 Å². The molecule has 22 heavy (non-hydrogen) atoms. The summed E-state index contributed by atoms with van der Waals surface area (Å²) < 4.78 is 30.9. The normalized spacial score (nSPS) is 11.2. The van der Waals surface area contributed by atoms with Crippen molar-refractivity contribution in [2.24, 2.45) is 0 Å². The minimum Gasteiger partial charge on any atom is -0.465 e. The summed E-state index contributed by atoms with van der Waals surface area (Å²) in [4.78, 5) is 11.6. The molecule has 0 spiro atoms. The minimum atomic E-state index is -3.65. The van der Waals surface area contributed by atoms with Crippen LogP contribution in [0.3, 0.4) is 0 Å². The van der Waals surface area contributed by atoms with Gasteiger partial charge in [-0.05, 0) is 31.0 Å². The van der Waals surface area contributed by atoms with E-state index in [4.69, 9.17) is 10.00 Å². The molecule has 0 unspecified atom stereocenters. The first kappa shape index (κ1) is 18.1. The van der Waals surface area contributed by atoms with Gasteiger partial charge in [-0.1, -0.05) is 19.1 Å². The summed E-state index contributed by atoms with van der Waals surface area (Å²) in [6.45, 7) is 3.68. The molecule has 120 valence electrons. The molecule has 0 aromatic heterocycles. The number of hydrogen-bond acceptors (Lipinski definition) is 5. The Morgan fingerprint density at radius 3 is 2.68 bits per heavy atom. The summed E-state index contributed by atoms with van der Waals surface area (Å²) in [5.41, 5.74) is 0.921. The van der Waals surface area contributed by atoms with Gasteiger partial charge in [-0.3, -0.25) is 4.79 Å². The Hall–Kier alpha value is -1.91. The third-order valence-electron chi connectivity index (χ3n) is 2.88. The van der Waals surface area contributed by atoms with Gasteiger partial charge in [0, 0.05) is 6.54 Å². The van der Waals surface area contributed by atoms with Crippen LogP contribution in [-0.4, -0.2) is 38.4 Å².